The van der Waals surface area contributed by atoms with Crippen molar-refractivity contribution in [2.24, 2.45) is 5.92 Å². The minimum Gasteiger partial charge on any atom is -0.481 e. The fraction of sp³-hybridized carbons (Fsp3) is 0.300. The van der Waals surface area contributed by atoms with Crippen molar-refractivity contribution >= 4 is 23.3 Å². The van der Waals surface area contributed by atoms with E-state index in [2.05, 4.69) is 10.1 Å². The summed E-state index contributed by atoms with van der Waals surface area (Å²) >= 11 is 0. The number of carboxylic acid groups (broad SMARTS) is 1. The van der Waals surface area contributed by atoms with Gasteiger partial charge in [-0.05, 0) is 49.2 Å². The fourth-order valence-corrected chi connectivity index (χ4v) is 3.19. The average Bonchev–Trinajstić information content (AvgIpc) is 2.69. The van der Waals surface area contributed by atoms with Gasteiger partial charge in [0.25, 0.3) is 5.91 Å². The molecular weight excluding hydrogens is 370 g/mol. The molecule has 2 aromatic carbocycles. The van der Waals surface area contributed by atoms with Gasteiger partial charge in [-0.15, -0.1) is 0 Å². The van der Waals surface area contributed by atoms with Crippen LogP contribution in [0.15, 0.2) is 48.5 Å². The molecule has 3 rings (SSSR count). The summed E-state index contributed by atoms with van der Waals surface area (Å²) in [7, 11) is 0. The molecule has 0 saturated carbocycles. The van der Waals surface area contributed by atoms with Crippen molar-refractivity contribution in [1.29, 1.82) is 0 Å². The SMILES string of the molecule is O=C(O)[C@H]1CCCN(C(=O)c2ccccc2Nc2ccc(OC(F)F)cc2)C1. The van der Waals surface area contributed by atoms with Gasteiger partial charge in [-0.1, -0.05) is 12.1 Å². The monoisotopic (exact) mass is 390 g/mol. The zero-order chi connectivity index (χ0) is 20.1. The Kier molecular flexibility index (Phi) is 6.08. The van der Waals surface area contributed by atoms with Gasteiger partial charge >= 0.3 is 12.6 Å². The Labute approximate surface area is 160 Å². The van der Waals surface area contributed by atoms with Gasteiger partial charge in [-0.25, -0.2) is 0 Å². The smallest absolute Gasteiger partial charge is 0.387 e. The number of carbonyl (C=O) groups excluding carboxylic acids is 1. The standard InChI is InChI=1S/C20H20F2N2O4/c21-20(22)28-15-9-7-14(8-10-15)23-17-6-2-1-5-16(17)18(25)24-11-3-4-13(12-24)19(26)27/h1-2,5-10,13,20,23H,3-4,11-12H2,(H,26,27)/t13-/m0/s1. The zero-order valence-electron chi connectivity index (χ0n) is 15.0. The van der Waals surface area contributed by atoms with Crippen LogP contribution in [-0.2, 0) is 4.79 Å². The number of hydrogen-bond acceptors (Lipinski definition) is 4. The molecular formula is C20H20F2N2O4. The van der Waals surface area contributed by atoms with Crippen LogP contribution in [-0.4, -0.2) is 41.6 Å². The van der Waals surface area contributed by atoms with Crippen LogP contribution in [0.5, 0.6) is 5.75 Å². The molecule has 0 unspecified atom stereocenters. The van der Waals surface area contributed by atoms with E-state index >= 15 is 0 Å². The Morgan fingerprint density at radius 1 is 1.14 bits per heavy atom. The number of nitrogens with zero attached hydrogens (tertiary/aromatic N) is 1. The molecule has 1 amide bonds. The Balaban J connectivity index is 1.75. The van der Waals surface area contributed by atoms with Gasteiger partial charge in [0.1, 0.15) is 5.75 Å². The number of piperidine rings is 1. The molecule has 1 fully saturated rings. The first-order valence-corrected chi connectivity index (χ1v) is 8.87. The van der Waals surface area contributed by atoms with E-state index in [0.29, 0.717) is 36.3 Å². The van der Waals surface area contributed by atoms with Crippen molar-refractivity contribution in [2.45, 2.75) is 19.5 Å². The number of carboxylic acids is 1. The lowest BCUT2D eigenvalue weighted by molar-refractivity contribution is -0.143. The van der Waals surface area contributed by atoms with Crippen molar-refractivity contribution in [3.8, 4) is 5.75 Å². The molecule has 1 atom stereocenters. The second-order valence-corrected chi connectivity index (χ2v) is 6.50. The highest BCUT2D eigenvalue weighted by atomic mass is 19.3. The Hall–Kier alpha value is -3.16. The number of nitrogens with one attached hydrogen (secondary N) is 1. The van der Waals surface area contributed by atoms with Crippen LogP contribution in [0.3, 0.4) is 0 Å². The summed E-state index contributed by atoms with van der Waals surface area (Å²) in [5, 5.41) is 12.3. The number of para-hydroxylation sites is 1. The third-order valence-electron chi connectivity index (χ3n) is 4.57. The number of anilines is 2. The van der Waals surface area contributed by atoms with E-state index in [-0.39, 0.29) is 18.2 Å². The molecule has 2 N–H and O–H groups in total. The summed E-state index contributed by atoms with van der Waals surface area (Å²) in [5.41, 5.74) is 1.57. The lowest BCUT2D eigenvalue weighted by Gasteiger charge is -2.31. The van der Waals surface area contributed by atoms with E-state index in [4.69, 9.17) is 0 Å². The summed E-state index contributed by atoms with van der Waals surface area (Å²) in [5.74, 6) is -1.65. The first kappa shape index (κ1) is 19.6. The Morgan fingerprint density at radius 3 is 2.54 bits per heavy atom. The van der Waals surface area contributed by atoms with E-state index in [1.54, 1.807) is 41.3 Å². The minimum absolute atomic E-state index is 0.0398. The lowest BCUT2D eigenvalue weighted by atomic mass is 9.97. The summed E-state index contributed by atoms with van der Waals surface area (Å²) in [6, 6.07) is 12.8. The molecule has 0 aliphatic carbocycles. The maximum atomic E-state index is 12.9. The second-order valence-electron chi connectivity index (χ2n) is 6.50. The predicted molar refractivity (Wildman–Crippen MR) is 99.1 cm³/mol. The van der Waals surface area contributed by atoms with Crippen LogP contribution >= 0.6 is 0 Å². The lowest BCUT2D eigenvalue weighted by Crippen LogP contribution is -2.42. The topological polar surface area (TPSA) is 78.9 Å². The van der Waals surface area contributed by atoms with Gasteiger partial charge in [0.05, 0.1) is 17.2 Å². The highest BCUT2D eigenvalue weighted by Gasteiger charge is 2.29. The molecule has 6 nitrogen and oxygen atoms in total. The highest BCUT2D eigenvalue weighted by Crippen LogP contribution is 2.26. The van der Waals surface area contributed by atoms with Gasteiger partial charge in [0.15, 0.2) is 0 Å². The molecule has 1 heterocycles. The number of carbonyl (C=O) groups is 2. The van der Waals surface area contributed by atoms with Gasteiger partial charge < -0.3 is 20.1 Å². The largest absolute Gasteiger partial charge is 0.481 e. The Morgan fingerprint density at radius 2 is 1.86 bits per heavy atom. The molecule has 148 valence electrons. The van der Waals surface area contributed by atoms with Crippen LogP contribution in [0.1, 0.15) is 23.2 Å². The second kappa shape index (κ2) is 8.69. The number of benzene rings is 2. The molecule has 0 aromatic heterocycles. The van der Waals surface area contributed by atoms with Crippen molar-refractivity contribution in [3.05, 3.63) is 54.1 Å². The number of aliphatic carboxylic acids is 1. The highest BCUT2D eigenvalue weighted by molar-refractivity contribution is 6.00. The van der Waals surface area contributed by atoms with Crippen LogP contribution in [0, 0.1) is 5.92 Å². The molecule has 0 radical (unpaired) electrons. The summed E-state index contributed by atoms with van der Waals surface area (Å²) < 4.78 is 28.8. The average molecular weight is 390 g/mol. The van der Waals surface area contributed by atoms with Crippen LogP contribution in [0.4, 0.5) is 20.2 Å². The summed E-state index contributed by atoms with van der Waals surface area (Å²) in [6.07, 6.45) is 1.20. The normalized spacial score (nSPS) is 16.7. The number of rotatable bonds is 6. The molecule has 0 spiro atoms. The number of alkyl halides is 2. The first-order valence-electron chi connectivity index (χ1n) is 8.87. The third-order valence-corrected chi connectivity index (χ3v) is 4.57. The van der Waals surface area contributed by atoms with Crippen molar-refractivity contribution in [1.82, 2.24) is 4.90 Å². The molecule has 1 saturated heterocycles. The third kappa shape index (κ3) is 4.76. The number of ether oxygens (including phenoxy) is 1. The maximum Gasteiger partial charge on any atom is 0.387 e. The molecule has 0 bridgehead atoms. The molecule has 1 aliphatic rings. The number of hydrogen-bond donors (Lipinski definition) is 2. The quantitative estimate of drug-likeness (QED) is 0.780. The van der Waals surface area contributed by atoms with Gasteiger partial charge in [0, 0.05) is 18.8 Å². The summed E-state index contributed by atoms with van der Waals surface area (Å²) in [6.45, 7) is -2.20. The zero-order valence-corrected chi connectivity index (χ0v) is 15.0. The molecule has 2 aromatic rings. The number of amides is 1. The van der Waals surface area contributed by atoms with E-state index in [1.807, 2.05) is 0 Å². The van der Waals surface area contributed by atoms with E-state index in [9.17, 15) is 23.5 Å². The van der Waals surface area contributed by atoms with Crippen molar-refractivity contribution < 1.29 is 28.2 Å². The van der Waals surface area contributed by atoms with Crippen molar-refractivity contribution in [3.63, 3.8) is 0 Å². The molecule has 1 aliphatic heterocycles. The van der Waals surface area contributed by atoms with Gasteiger partial charge in [-0.3, -0.25) is 9.59 Å². The first-order chi connectivity index (χ1) is 13.4. The number of halogens is 2. The van der Waals surface area contributed by atoms with E-state index < -0.39 is 18.5 Å². The van der Waals surface area contributed by atoms with E-state index in [1.165, 1.54) is 12.1 Å². The van der Waals surface area contributed by atoms with Gasteiger partial charge in [0.2, 0.25) is 0 Å². The minimum atomic E-state index is -2.89. The Bertz CT molecular complexity index is 842. The van der Waals surface area contributed by atoms with Crippen LogP contribution < -0.4 is 10.1 Å². The van der Waals surface area contributed by atoms with Crippen LogP contribution in [0.25, 0.3) is 0 Å². The van der Waals surface area contributed by atoms with Crippen LogP contribution in [0.2, 0.25) is 0 Å². The van der Waals surface area contributed by atoms with E-state index in [0.717, 1.165) is 0 Å². The van der Waals surface area contributed by atoms with Crippen molar-refractivity contribution in [2.75, 3.05) is 18.4 Å². The maximum absolute atomic E-state index is 12.9. The molecule has 28 heavy (non-hydrogen) atoms. The predicted octanol–water partition coefficient (Wildman–Crippen LogP) is 3.97. The number of likely N-dealkylation sites (tertiary alicyclic amines) is 1. The fourth-order valence-electron chi connectivity index (χ4n) is 3.19. The summed E-state index contributed by atoms with van der Waals surface area (Å²) in [4.78, 5) is 25.8. The molecule has 8 heteroatoms. The van der Waals surface area contributed by atoms with Gasteiger partial charge in [-0.2, -0.15) is 8.78 Å².